The summed E-state index contributed by atoms with van der Waals surface area (Å²) >= 11 is 0. The molecule has 0 spiro atoms. The van der Waals surface area contributed by atoms with E-state index in [9.17, 15) is 4.79 Å². The van der Waals surface area contributed by atoms with Gasteiger partial charge in [-0.05, 0) is 46.1 Å². The normalized spacial score (nSPS) is 11.4. The molecule has 1 amide bonds. The van der Waals surface area contributed by atoms with Crippen LogP contribution in [0.3, 0.4) is 0 Å². The fourth-order valence-corrected chi connectivity index (χ4v) is 1.80. The van der Waals surface area contributed by atoms with Crippen molar-refractivity contribution >= 4 is 6.09 Å². The molecule has 0 aliphatic rings. The molecule has 114 valence electrons. The van der Waals surface area contributed by atoms with E-state index in [-0.39, 0.29) is 12.7 Å². The van der Waals surface area contributed by atoms with Gasteiger partial charge in [-0.15, -0.1) is 0 Å². The number of nitrogens with one attached hydrogen (secondary N) is 1. The minimum atomic E-state index is -0.466. The van der Waals surface area contributed by atoms with Gasteiger partial charge in [-0.3, -0.25) is 4.68 Å². The van der Waals surface area contributed by atoms with Gasteiger partial charge in [-0.2, -0.15) is 5.10 Å². The summed E-state index contributed by atoms with van der Waals surface area (Å²) in [5.74, 6) is 0. The van der Waals surface area contributed by atoms with E-state index in [0.29, 0.717) is 13.1 Å². The lowest BCUT2D eigenvalue weighted by Crippen LogP contribution is -2.33. The molecule has 1 rings (SSSR count). The number of rotatable bonds is 6. The number of amides is 1. The number of carbonyl (C=O) groups excluding carboxylic acids is 1. The fourth-order valence-electron chi connectivity index (χ4n) is 1.80. The first-order chi connectivity index (χ1) is 9.31. The smallest absolute Gasteiger partial charge is 0.407 e. The number of ether oxygens (including phenoxy) is 1. The van der Waals surface area contributed by atoms with Crippen LogP contribution < -0.4 is 5.32 Å². The van der Waals surface area contributed by atoms with Crippen molar-refractivity contribution in [3.8, 4) is 0 Å². The molecule has 0 aliphatic heterocycles. The average molecular weight is 283 g/mol. The maximum Gasteiger partial charge on any atom is 0.407 e. The third-order valence-electron chi connectivity index (χ3n) is 2.67. The second-order valence-corrected chi connectivity index (χ2v) is 5.76. The molecule has 0 radical (unpaired) electrons. The number of hydrogen-bond acceptors (Lipinski definition) is 4. The lowest BCUT2D eigenvalue weighted by molar-refractivity contribution is 0.0527. The molecular weight excluding hydrogens is 258 g/mol. The summed E-state index contributed by atoms with van der Waals surface area (Å²) in [6, 6.07) is 0. The Kier molecular flexibility index (Phi) is 6.01. The van der Waals surface area contributed by atoms with Gasteiger partial charge < -0.3 is 15.2 Å². The van der Waals surface area contributed by atoms with Gasteiger partial charge in [0.15, 0.2) is 0 Å². The third-order valence-corrected chi connectivity index (χ3v) is 2.67. The van der Waals surface area contributed by atoms with Crippen molar-refractivity contribution in [2.45, 2.75) is 52.7 Å². The first-order valence-corrected chi connectivity index (χ1v) is 6.92. The van der Waals surface area contributed by atoms with Gasteiger partial charge in [0, 0.05) is 12.7 Å². The molecule has 0 aromatic carbocycles. The molecule has 1 aromatic heterocycles. The highest BCUT2D eigenvalue weighted by molar-refractivity contribution is 5.67. The Bertz CT molecular complexity index is 435. The van der Waals surface area contributed by atoms with Crippen LogP contribution in [0.15, 0.2) is 6.20 Å². The summed E-state index contributed by atoms with van der Waals surface area (Å²) in [6.07, 6.45) is 3.22. The second-order valence-electron chi connectivity index (χ2n) is 5.76. The van der Waals surface area contributed by atoms with Crippen molar-refractivity contribution in [3.63, 3.8) is 0 Å². The molecule has 6 nitrogen and oxygen atoms in total. The predicted molar refractivity (Wildman–Crippen MR) is 76.6 cm³/mol. The topological polar surface area (TPSA) is 76.4 Å². The highest BCUT2D eigenvalue weighted by Crippen LogP contribution is 2.09. The Morgan fingerprint density at radius 1 is 1.50 bits per heavy atom. The van der Waals surface area contributed by atoms with E-state index in [4.69, 9.17) is 9.84 Å². The quantitative estimate of drug-likeness (QED) is 0.778. The van der Waals surface area contributed by atoms with Crippen LogP contribution in [0.1, 0.15) is 38.4 Å². The zero-order chi connectivity index (χ0) is 15.2. The molecule has 6 heteroatoms. The van der Waals surface area contributed by atoms with E-state index in [0.717, 1.165) is 24.1 Å². The third kappa shape index (κ3) is 6.06. The van der Waals surface area contributed by atoms with E-state index in [2.05, 4.69) is 10.4 Å². The van der Waals surface area contributed by atoms with Gasteiger partial charge in [-0.1, -0.05) is 0 Å². The molecule has 1 aromatic rings. The molecule has 0 saturated carbocycles. The Hall–Kier alpha value is -1.56. The van der Waals surface area contributed by atoms with E-state index >= 15 is 0 Å². The molecule has 1 heterocycles. The molecule has 0 unspecified atom stereocenters. The van der Waals surface area contributed by atoms with Crippen molar-refractivity contribution in [2.75, 3.05) is 13.2 Å². The van der Waals surface area contributed by atoms with Crippen LogP contribution in [0.5, 0.6) is 0 Å². The van der Waals surface area contributed by atoms with Crippen molar-refractivity contribution in [2.24, 2.45) is 0 Å². The second kappa shape index (κ2) is 7.28. The number of hydrogen-bond donors (Lipinski definition) is 2. The number of alkyl carbamates (subject to hydrolysis) is 1. The van der Waals surface area contributed by atoms with Gasteiger partial charge in [0.05, 0.1) is 18.8 Å². The Balaban J connectivity index is 2.29. The first-order valence-electron chi connectivity index (χ1n) is 6.92. The molecule has 20 heavy (non-hydrogen) atoms. The molecule has 0 atom stereocenters. The van der Waals surface area contributed by atoms with Crippen LogP contribution >= 0.6 is 0 Å². The first kappa shape index (κ1) is 16.5. The number of nitrogens with zero attached hydrogens (tertiary/aromatic N) is 2. The zero-order valence-corrected chi connectivity index (χ0v) is 12.8. The maximum atomic E-state index is 11.4. The lowest BCUT2D eigenvalue weighted by Gasteiger charge is -2.19. The molecule has 0 fully saturated rings. The molecule has 0 saturated heterocycles. The SMILES string of the molecule is Cc1nn(CCO)cc1CCCNC(=O)OC(C)(C)C. The highest BCUT2D eigenvalue weighted by Gasteiger charge is 2.15. The van der Waals surface area contributed by atoms with Crippen LogP contribution in [0.4, 0.5) is 4.79 Å². The van der Waals surface area contributed by atoms with Crippen LogP contribution in [-0.4, -0.2) is 39.7 Å². The standard InChI is InChI=1S/C14H25N3O3/c1-11-12(10-17(16-11)8-9-18)6-5-7-15-13(19)20-14(2,3)4/h10,18H,5-9H2,1-4H3,(H,15,19). The minimum Gasteiger partial charge on any atom is -0.444 e. The zero-order valence-electron chi connectivity index (χ0n) is 12.8. The lowest BCUT2D eigenvalue weighted by atomic mass is 10.1. The number of aryl methyl sites for hydroxylation is 2. The van der Waals surface area contributed by atoms with Gasteiger partial charge in [-0.25, -0.2) is 4.79 Å². The summed E-state index contributed by atoms with van der Waals surface area (Å²) in [5.41, 5.74) is 1.65. The predicted octanol–water partition coefficient (Wildman–Crippen LogP) is 1.64. The van der Waals surface area contributed by atoms with Crippen LogP contribution in [0.2, 0.25) is 0 Å². The molecule has 0 bridgehead atoms. The summed E-state index contributed by atoms with van der Waals surface area (Å²) in [6.45, 7) is 8.63. The monoisotopic (exact) mass is 283 g/mol. The van der Waals surface area contributed by atoms with Crippen molar-refractivity contribution in [3.05, 3.63) is 17.5 Å². The maximum absolute atomic E-state index is 11.4. The van der Waals surface area contributed by atoms with E-state index in [1.54, 1.807) is 4.68 Å². The number of aliphatic hydroxyl groups excluding tert-OH is 1. The van der Waals surface area contributed by atoms with E-state index in [1.807, 2.05) is 33.9 Å². The minimum absolute atomic E-state index is 0.0841. The number of aliphatic hydroxyl groups is 1. The summed E-state index contributed by atoms with van der Waals surface area (Å²) < 4.78 is 6.90. The van der Waals surface area contributed by atoms with Crippen molar-refractivity contribution < 1.29 is 14.6 Å². The van der Waals surface area contributed by atoms with Crippen LogP contribution in [0.25, 0.3) is 0 Å². The largest absolute Gasteiger partial charge is 0.444 e. The number of carbonyl (C=O) groups is 1. The number of aromatic nitrogens is 2. The van der Waals surface area contributed by atoms with E-state index in [1.165, 1.54) is 0 Å². The van der Waals surface area contributed by atoms with Crippen molar-refractivity contribution in [1.82, 2.24) is 15.1 Å². The fraction of sp³-hybridized carbons (Fsp3) is 0.714. The summed E-state index contributed by atoms with van der Waals surface area (Å²) in [7, 11) is 0. The molecule has 0 aliphatic carbocycles. The molecular formula is C14H25N3O3. The Labute approximate surface area is 120 Å². The van der Waals surface area contributed by atoms with Gasteiger partial charge in [0.1, 0.15) is 5.60 Å². The Morgan fingerprint density at radius 3 is 2.80 bits per heavy atom. The summed E-state index contributed by atoms with van der Waals surface area (Å²) in [5, 5.41) is 15.9. The van der Waals surface area contributed by atoms with Gasteiger partial charge in [0.2, 0.25) is 0 Å². The summed E-state index contributed by atoms with van der Waals surface area (Å²) in [4.78, 5) is 11.4. The van der Waals surface area contributed by atoms with Gasteiger partial charge >= 0.3 is 6.09 Å². The van der Waals surface area contributed by atoms with Crippen LogP contribution in [0, 0.1) is 6.92 Å². The van der Waals surface area contributed by atoms with Crippen molar-refractivity contribution in [1.29, 1.82) is 0 Å². The van der Waals surface area contributed by atoms with Crippen LogP contribution in [-0.2, 0) is 17.7 Å². The highest BCUT2D eigenvalue weighted by atomic mass is 16.6. The Morgan fingerprint density at radius 2 is 2.20 bits per heavy atom. The average Bonchev–Trinajstić information content (AvgIpc) is 2.63. The van der Waals surface area contributed by atoms with Gasteiger partial charge in [0.25, 0.3) is 0 Å². The molecule has 2 N–H and O–H groups in total. The van der Waals surface area contributed by atoms with E-state index < -0.39 is 5.60 Å².